The highest BCUT2D eigenvalue weighted by Gasteiger charge is 2.29. The van der Waals surface area contributed by atoms with Crippen LogP contribution in [0.2, 0.25) is 0 Å². The molecule has 1 aromatic rings. The number of rotatable bonds is 5. The number of halogens is 5. The van der Waals surface area contributed by atoms with Crippen LogP contribution in [0.1, 0.15) is 18.0 Å². The van der Waals surface area contributed by atoms with Gasteiger partial charge in [0.15, 0.2) is 0 Å². The molecular weight excluding hydrogens is 368 g/mol. The molecule has 0 amide bonds. The van der Waals surface area contributed by atoms with Gasteiger partial charge in [-0.25, -0.2) is 0 Å². The second-order valence-electron chi connectivity index (χ2n) is 4.94. The van der Waals surface area contributed by atoms with Crippen molar-refractivity contribution in [3.05, 3.63) is 42.5 Å². The van der Waals surface area contributed by atoms with Crippen LogP contribution >= 0.6 is 36.6 Å². The standard InChI is InChI=1S/C15H19F3N2S.2ClH/c1-2-3-14(20-10-8-19-9-11-20)12-4-6-13(7-5-12)21-15(16,17)18;;/h2,4-7,14,19H,1,3,8-11H2;2*1H/t14-;;/m1../s1. The lowest BCUT2D eigenvalue weighted by molar-refractivity contribution is -0.0328. The molecule has 132 valence electrons. The lowest BCUT2D eigenvalue weighted by Crippen LogP contribution is -2.45. The van der Waals surface area contributed by atoms with Gasteiger partial charge < -0.3 is 5.32 Å². The predicted octanol–water partition coefficient (Wildman–Crippen LogP) is 4.66. The number of hydrogen-bond donors (Lipinski definition) is 1. The molecule has 0 saturated carbocycles. The highest BCUT2D eigenvalue weighted by Crippen LogP contribution is 2.37. The maximum atomic E-state index is 12.3. The summed E-state index contributed by atoms with van der Waals surface area (Å²) in [5, 5.41) is 3.30. The Morgan fingerprint density at radius 3 is 2.22 bits per heavy atom. The Hall–Kier alpha value is -0.400. The van der Waals surface area contributed by atoms with Crippen LogP contribution in [0.3, 0.4) is 0 Å². The minimum absolute atomic E-state index is 0. The first-order valence-corrected chi connectivity index (χ1v) is 7.72. The van der Waals surface area contributed by atoms with Crippen molar-refractivity contribution in [2.24, 2.45) is 0 Å². The van der Waals surface area contributed by atoms with E-state index in [0.717, 1.165) is 38.2 Å². The van der Waals surface area contributed by atoms with Crippen LogP contribution < -0.4 is 5.32 Å². The number of piperazine rings is 1. The fourth-order valence-corrected chi connectivity index (χ4v) is 3.08. The Morgan fingerprint density at radius 2 is 1.74 bits per heavy atom. The minimum atomic E-state index is -4.24. The number of alkyl halides is 3. The van der Waals surface area contributed by atoms with Crippen molar-refractivity contribution in [2.75, 3.05) is 26.2 Å². The maximum Gasteiger partial charge on any atom is 0.446 e. The van der Waals surface area contributed by atoms with Gasteiger partial charge in [-0.15, -0.1) is 31.4 Å². The highest BCUT2D eigenvalue weighted by atomic mass is 35.5. The van der Waals surface area contributed by atoms with Gasteiger partial charge in [0.1, 0.15) is 0 Å². The smallest absolute Gasteiger partial charge is 0.314 e. The average Bonchev–Trinajstić information content (AvgIpc) is 2.45. The van der Waals surface area contributed by atoms with Crippen LogP contribution in [0.25, 0.3) is 0 Å². The fourth-order valence-electron chi connectivity index (χ4n) is 2.54. The zero-order valence-corrected chi connectivity index (χ0v) is 15.0. The Balaban J connectivity index is 0.00000242. The van der Waals surface area contributed by atoms with Gasteiger partial charge in [-0.1, -0.05) is 18.2 Å². The van der Waals surface area contributed by atoms with Gasteiger partial charge in [-0.05, 0) is 35.9 Å². The van der Waals surface area contributed by atoms with Gasteiger partial charge in [-0.3, -0.25) is 4.90 Å². The largest absolute Gasteiger partial charge is 0.446 e. The van der Waals surface area contributed by atoms with Crippen molar-refractivity contribution < 1.29 is 13.2 Å². The lowest BCUT2D eigenvalue weighted by Gasteiger charge is -2.34. The summed E-state index contributed by atoms with van der Waals surface area (Å²) in [5.41, 5.74) is -3.19. The van der Waals surface area contributed by atoms with E-state index in [4.69, 9.17) is 0 Å². The van der Waals surface area contributed by atoms with Crippen molar-refractivity contribution in [1.82, 2.24) is 10.2 Å². The summed E-state index contributed by atoms with van der Waals surface area (Å²) in [7, 11) is 0. The molecule has 1 heterocycles. The third kappa shape index (κ3) is 7.35. The van der Waals surface area contributed by atoms with Crippen LogP contribution in [-0.2, 0) is 0 Å². The summed E-state index contributed by atoms with van der Waals surface area (Å²) in [6.45, 7) is 7.56. The average molecular weight is 389 g/mol. The SMILES string of the molecule is C=CC[C@H](c1ccc(SC(F)(F)F)cc1)N1CCNCC1.Cl.Cl. The highest BCUT2D eigenvalue weighted by molar-refractivity contribution is 8.00. The normalized spacial score (nSPS) is 16.8. The second kappa shape index (κ2) is 10.5. The second-order valence-corrected chi connectivity index (χ2v) is 6.08. The number of benzene rings is 1. The number of thioether (sulfide) groups is 1. The van der Waals surface area contributed by atoms with Gasteiger partial charge >= 0.3 is 5.51 Å². The molecule has 0 radical (unpaired) electrons. The van der Waals surface area contributed by atoms with Crippen molar-refractivity contribution in [3.63, 3.8) is 0 Å². The predicted molar refractivity (Wildman–Crippen MR) is 94.8 cm³/mol. The molecule has 1 aliphatic rings. The quantitative estimate of drug-likeness (QED) is 0.582. The fraction of sp³-hybridized carbons (Fsp3) is 0.467. The third-order valence-corrected chi connectivity index (χ3v) is 4.22. The molecule has 2 nitrogen and oxygen atoms in total. The molecule has 8 heteroatoms. The van der Waals surface area contributed by atoms with Gasteiger partial charge in [0.05, 0.1) is 0 Å². The maximum absolute atomic E-state index is 12.3. The van der Waals surface area contributed by atoms with Crippen molar-refractivity contribution in [2.45, 2.75) is 22.9 Å². The summed E-state index contributed by atoms with van der Waals surface area (Å²) in [5.74, 6) is 0. The zero-order valence-electron chi connectivity index (χ0n) is 12.5. The first-order chi connectivity index (χ1) is 9.99. The third-order valence-electron chi connectivity index (χ3n) is 3.48. The van der Waals surface area contributed by atoms with E-state index in [-0.39, 0.29) is 47.5 Å². The topological polar surface area (TPSA) is 15.3 Å². The Bertz CT molecular complexity index is 463. The van der Waals surface area contributed by atoms with Crippen molar-refractivity contribution >= 4 is 36.6 Å². The number of nitrogens with zero attached hydrogens (tertiary/aromatic N) is 1. The van der Waals surface area contributed by atoms with Crippen LogP contribution in [0.5, 0.6) is 0 Å². The molecule has 2 rings (SSSR count). The molecule has 0 unspecified atom stereocenters. The van der Waals surface area contributed by atoms with Crippen LogP contribution in [-0.4, -0.2) is 36.6 Å². The summed E-state index contributed by atoms with van der Waals surface area (Å²) in [4.78, 5) is 2.58. The van der Waals surface area contributed by atoms with Crippen molar-refractivity contribution in [1.29, 1.82) is 0 Å². The Morgan fingerprint density at radius 1 is 1.17 bits per heavy atom. The zero-order chi connectivity index (χ0) is 15.3. The molecule has 0 spiro atoms. The van der Waals surface area contributed by atoms with Gasteiger partial charge in [0, 0.05) is 37.1 Å². The molecule has 0 aliphatic carbocycles. The van der Waals surface area contributed by atoms with Gasteiger partial charge in [0.25, 0.3) is 0 Å². The molecule has 1 aliphatic heterocycles. The van der Waals surface area contributed by atoms with E-state index in [1.807, 2.05) is 6.08 Å². The van der Waals surface area contributed by atoms with E-state index in [0.29, 0.717) is 0 Å². The molecular formula is C15H21Cl2F3N2S. The Kier molecular flexibility index (Phi) is 10.3. The molecule has 23 heavy (non-hydrogen) atoms. The first-order valence-electron chi connectivity index (χ1n) is 6.91. The summed E-state index contributed by atoms with van der Waals surface area (Å²) < 4.78 is 37.0. The minimum Gasteiger partial charge on any atom is -0.314 e. The molecule has 1 atom stereocenters. The van der Waals surface area contributed by atoms with E-state index in [9.17, 15) is 13.2 Å². The number of nitrogens with one attached hydrogen (secondary N) is 1. The summed E-state index contributed by atoms with van der Waals surface area (Å²) in [6.07, 6.45) is 2.66. The summed E-state index contributed by atoms with van der Waals surface area (Å²) >= 11 is -0.0737. The van der Waals surface area contributed by atoms with E-state index in [2.05, 4.69) is 16.8 Å². The first kappa shape index (κ1) is 22.6. The van der Waals surface area contributed by atoms with Crippen LogP contribution in [0.4, 0.5) is 13.2 Å². The van der Waals surface area contributed by atoms with Gasteiger partial charge in [0.2, 0.25) is 0 Å². The number of hydrogen-bond acceptors (Lipinski definition) is 3. The van der Waals surface area contributed by atoms with Crippen molar-refractivity contribution in [3.8, 4) is 0 Å². The van der Waals surface area contributed by atoms with E-state index >= 15 is 0 Å². The molecule has 1 saturated heterocycles. The molecule has 0 bridgehead atoms. The van der Waals surface area contributed by atoms with Crippen LogP contribution in [0, 0.1) is 0 Å². The van der Waals surface area contributed by atoms with Gasteiger partial charge in [-0.2, -0.15) is 13.2 Å². The summed E-state index contributed by atoms with van der Waals surface area (Å²) in [6, 6.07) is 6.88. The monoisotopic (exact) mass is 388 g/mol. The van der Waals surface area contributed by atoms with E-state index in [1.54, 1.807) is 24.3 Å². The lowest BCUT2D eigenvalue weighted by atomic mass is 10.0. The van der Waals surface area contributed by atoms with Crippen LogP contribution in [0.15, 0.2) is 41.8 Å². The van der Waals surface area contributed by atoms with E-state index < -0.39 is 5.51 Å². The molecule has 0 aromatic heterocycles. The van der Waals surface area contributed by atoms with E-state index in [1.165, 1.54) is 0 Å². The Labute approximate surface area is 151 Å². The molecule has 1 aromatic carbocycles. The molecule has 1 N–H and O–H groups in total. The molecule has 1 fully saturated rings.